The minimum Gasteiger partial charge on any atom is -0.325 e. The lowest BCUT2D eigenvalue weighted by atomic mass is 10.3. The van der Waals surface area contributed by atoms with Crippen LogP contribution >= 0.6 is 0 Å². The number of nitrogens with two attached hydrogens (primary N) is 3. The third-order valence-corrected chi connectivity index (χ3v) is 0.526. The molecule has 0 aliphatic carbocycles. The Kier molecular flexibility index (Phi) is 2.08. The Bertz CT molecular complexity index is 27.0. The van der Waals surface area contributed by atoms with Gasteiger partial charge >= 0.3 is 0 Å². The van der Waals surface area contributed by atoms with Crippen LogP contribution in [0.25, 0.3) is 0 Å². The molecule has 6 heavy (non-hydrogen) atoms. The second-order valence-corrected chi connectivity index (χ2v) is 1.29. The van der Waals surface area contributed by atoms with Crippen molar-refractivity contribution in [3.8, 4) is 0 Å². The van der Waals surface area contributed by atoms with E-state index in [1.807, 2.05) is 0 Å². The highest BCUT2D eigenvalue weighted by molar-refractivity contribution is 4.82. The fourth-order valence-corrected chi connectivity index (χ4v) is 0. The first kappa shape index (κ1) is 5.88. The Morgan fingerprint density at radius 3 is 1.67 bits per heavy atom. The van der Waals surface area contributed by atoms with Crippen molar-refractivity contribution in [3.63, 3.8) is 0 Å². The fraction of sp³-hybridized carbons (Fsp3) is 0.667. The molecular formula is C3H10N3. The van der Waals surface area contributed by atoms with E-state index in [1.165, 1.54) is 0 Å². The monoisotopic (exact) mass is 88.1 g/mol. The Balaban J connectivity index is 2.99. The molecule has 0 aromatic heterocycles. The Morgan fingerprint density at radius 2 is 1.67 bits per heavy atom. The predicted octanol–water partition coefficient (Wildman–Crippen LogP) is -1.26. The molecular weight excluding hydrogens is 78.1 g/mol. The summed E-state index contributed by atoms with van der Waals surface area (Å²) < 4.78 is 0. The molecule has 3 nitrogen and oxygen atoms in total. The summed E-state index contributed by atoms with van der Waals surface area (Å²) in [6, 6.07) is -0.176. The van der Waals surface area contributed by atoms with E-state index >= 15 is 0 Å². The topological polar surface area (TPSA) is 78.1 Å². The largest absolute Gasteiger partial charge is 0.325 e. The highest BCUT2D eigenvalue weighted by atomic mass is 14.9. The van der Waals surface area contributed by atoms with Gasteiger partial charge in [0.05, 0.1) is 0 Å². The van der Waals surface area contributed by atoms with Gasteiger partial charge in [0, 0.05) is 6.04 Å². The SMILES string of the molecule is CC(N)[C](N)N. The van der Waals surface area contributed by atoms with Gasteiger partial charge in [-0.1, -0.05) is 0 Å². The maximum Gasteiger partial charge on any atom is 0.112 e. The highest BCUT2D eigenvalue weighted by Crippen LogP contribution is 1.78. The molecule has 0 rings (SSSR count). The maximum absolute atomic E-state index is 5.15. The van der Waals surface area contributed by atoms with Crippen molar-refractivity contribution in [2.45, 2.75) is 13.0 Å². The molecule has 1 radical (unpaired) electrons. The van der Waals surface area contributed by atoms with Crippen LogP contribution in [-0.2, 0) is 0 Å². The normalized spacial score (nSPS) is 15.5. The predicted molar refractivity (Wildman–Crippen MR) is 25.3 cm³/mol. The van der Waals surface area contributed by atoms with Gasteiger partial charge in [-0.2, -0.15) is 0 Å². The molecule has 0 bridgehead atoms. The van der Waals surface area contributed by atoms with E-state index < -0.39 is 0 Å². The van der Waals surface area contributed by atoms with Gasteiger partial charge in [0.1, 0.15) is 6.17 Å². The third kappa shape index (κ3) is 2.14. The summed E-state index contributed by atoms with van der Waals surface area (Å²) in [5.74, 6) is 0. The van der Waals surface area contributed by atoms with Crippen LogP contribution in [0.4, 0.5) is 0 Å². The molecule has 3 heteroatoms. The maximum atomic E-state index is 5.15. The molecule has 0 aliphatic heterocycles. The van der Waals surface area contributed by atoms with Crippen LogP contribution in [0.5, 0.6) is 0 Å². The average molecular weight is 88.1 g/mol. The van der Waals surface area contributed by atoms with E-state index in [2.05, 4.69) is 0 Å². The third-order valence-electron chi connectivity index (χ3n) is 0.526. The molecule has 1 unspecified atom stereocenters. The van der Waals surface area contributed by atoms with E-state index in [1.54, 1.807) is 6.92 Å². The summed E-state index contributed by atoms with van der Waals surface area (Å²) in [6.07, 6.45) is 0.287. The van der Waals surface area contributed by atoms with Crippen molar-refractivity contribution in [1.82, 2.24) is 0 Å². The van der Waals surface area contributed by atoms with Crippen molar-refractivity contribution in [3.05, 3.63) is 6.17 Å². The smallest absolute Gasteiger partial charge is 0.112 e. The molecule has 0 aromatic carbocycles. The van der Waals surface area contributed by atoms with Crippen molar-refractivity contribution < 1.29 is 0 Å². The minimum absolute atomic E-state index is 0.176. The quantitative estimate of drug-likeness (QED) is 0.374. The zero-order valence-corrected chi connectivity index (χ0v) is 3.81. The lowest BCUT2D eigenvalue weighted by molar-refractivity contribution is 0.716. The first-order chi connectivity index (χ1) is 2.64. The summed E-state index contributed by atoms with van der Waals surface area (Å²) in [5.41, 5.74) is 15.2. The zero-order chi connectivity index (χ0) is 5.15. The Hall–Kier alpha value is -0.120. The molecule has 0 aliphatic rings. The number of hydrogen-bond acceptors (Lipinski definition) is 3. The van der Waals surface area contributed by atoms with Gasteiger partial charge in [0.25, 0.3) is 0 Å². The van der Waals surface area contributed by atoms with Gasteiger partial charge in [-0.15, -0.1) is 0 Å². The molecule has 0 heterocycles. The van der Waals surface area contributed by atoms with Crippen molar-refractivity contribution in [2.75, 3.05) is 0 Å². The summed E-state index contributed by atoms with van der Waals surface area (Å²) >= 11 is 0. The van der Waals surface area contributed by atoms with E-state index in [9.17, 15) is 0 Å². The lowest BCUT2D eigenvalue weighted by Crippen LogP contribution is -2.37. The summed E-state index contributed by atoms with van der Waals surface area (Å²) in [4.78, 5) is 0. The average Bonchev–Trinajstić information content (AvgIpc) is 1.36. The molecule has 0 amide bonds. The second kappa shape index (κ2) is 2.12. The van der Waals surface area contributed by atoms with Crippen molar-refractivity contribution >= 4 is 0 Å². The Labute approximate surface area is 37.5 Å². The van der Waals surface area contributed by atoms with E-state index in [-0.39, 0.29) is 12.2 Å². The summed E-state index contributed by atoms with van der Waals surface area (Å²) in [7, 11) is 0. The van der Waals surface area contributed by atoms with Gasteiger partial charge in [-0.25, -0.2) is 0 Å². The second-order valence-electron chi connectivity index (χ2n) is 1.29. The molecule has 0 aromatic rings. The van der Waals surface area contributed by atoms with Gasteiger partial charge in [0.2, 0.25) is 0 Å². The van der Waals surface area contributed by atoms with E-state index in [4.69, 9.17) is 17.2 Å². The number of rotatable bonds is 1. The summed E-state index contributed by atoms with van der Waals surface area (Å²) in [6.45, 7) is 1.73. The standard InChI is InChI=1S/C3H10N3/c1-2(4)3(5)6/h2H,4-6H2,1H3. The van der Waals surface area contributed by atoms with Gasteiger partial charge in [0.15, 0.2) is 0 Å². The van der Waals surface area contributed by atoms with Crippen LogP contribution in [0.2, 0.25) is 0 Å². The van der Waals surface area contributed by atoms with Gasteiger partial charge in [-0.05, 0) is 6.92 Å². The molecule has 37 valence electrons. The minimum atomic E-state index is -0.176. The molecule has 6 N–H and O–H groups in total. The Morgan fingerprint density at radius 1 is 1.50 bits per heavy atom. The van der Waals surface area contributed by atoms with Crippen molar-refractivity contribution in [2.24, 2.45) is 17.2 Å². The van der Waals surface area contributed by atoms with Gasteiger partial charge < -0.3 is 17.2 Å². The van der Waals surface area contributed by atoms with E-state index in [0.717, 1.165) is 0 Å². The lowest BCUT2D eigenvalue weighted by Gasteiger charge is -2.04. The van der Waals surface area contributed by atoms with Crippen LogP contribution in [0.1, 0.15) is 6.92 Å². The molecule has 0 fully saturated rings. The molecule has 0 spiro atoms. The van der Waals surface area contributed by atoms with Gasteiger partial charge in [-0.3, -0.25) is 0 Å². The molecule has 0 saturated heterocycles. The summed E-state index contributed by atoms with van der Waals surface area (Å²) in [5, 5.41) is 0. The van der Waals surface area contributed by atoms with E-state index in [0.29, 0.717) is 0 Å². The van der Waals surface area contributed by atoms with Crippen molar-refractivity contribution in [1.29, 1.82) is 0 Å². The zero-order valence-electron chi connectivity index (χ0n) is 3.81. The van der Waals surface area contributed by atoms with Crippen LogP contribution < -0.4 is 17.2 Å². The van der Waals surface area contributed by atoms with Crippen LogP contribution in [0, 0.1) is 6.17 Å². The van der Waals surface area contributed by atoms with Crippen LogP contribution in [0.15, 0.2) is 0 Å². The van der Waals surface area contributed by atoms with Crippen LogP contribution in [-0.4, -0.2) is 6.04 Å². The van der Waals surface area contributed by atoms with Crippen LogP contribution in [0.3, 0.4) is 0 Å². The molecule has 1 atom stereocenters. The first-order valence-electron chi connectivity index (χ1n) is 1.78. The fourth-order valence-electron chi connectivity index (χ4n) is 0. The molecule has 0 saturated carbocycles. The highest BCUT2D eigenvalue weighted by Gasteiger charge is 1.98. The number of hydrogen-bond donors (Lipinski definition) is 3. The first-order valence-corrected chi connectivity index (χ1v) is 1.78.